The van der Waals surface area contributed by atoms with Gasteiger partial charge in [0, 0.05) is 12.1 Å². The van der Waals surface area contributed by atoms with Gasteiger partial charge in [0.2, 0.25) is 10.0 Å². The summed E-state index contributed by atoms with van der Waals surface area (Å²) in [5, 5.41) is 3.97. The minimum Gasteiger partial charge on any atom is -0.361 e. The van der Waals surface area contributed by atoms with Crippen LogP contribution in [-0.2, 0) is 10.0 Å². The molecule has 0 saturated carbocycles. The molecule has 1 atom stereocenters. The van der Waals surface area contributed by atoms with Crippen molar-refractivity contribution < 1.29 is 12.9 Å². The SMILES string of the molecule is Cc1ccccc1S(=O)(=O)N1CCCC1c1c(C)noc1C. The van der Waals surface area contributed by atoms with E-state index >= 15 is 0 Å². The van der Waals surface area contributed by atoms with Crippen LogP contribution in [0, 0.1) is 20.8 Å². The summed E-state index contributed by atoms with van der Waals surface area (Å²) in [7, 11) is -3.51. The lowest BCUT2D eigenvalue weighted by atomic mass is 10.0. The fourth-order valence-electron chi connectivity index (χ4n) is 3.25. The quantitative estimate of drug-likeness (QED) is 0.871. The zero-order valence-corrected chi connectivity index (χ0v) is 13.9. The summed E-state index contributed by atoms with van der Waals surface area (Å²) in [6.45, 7) is 6.06. The summed E-state index contributed by atoms with van der Waals surface area (Å²) >= 11 is 0. The molecule has 1 aromatic carbocycles. The lowest BCUT2D eigenvalue weighted by molar-refractivity contribution is 0.376. The molecule has 1 unspecified atom stereocenters. The molecular weight excluding hydrogens is 300 g/mol. The summed E-state index contributed by atoms with van der Waals surface area (Å²) in [6, 6.07) is 6.93. The molecule has 0 bridgehead atoms. The fourth-order valence-corrected chi connectivity index (χ4v) is 5.15. The highest BCUT2D eigenvalue weighted by molar-refractivity contribution is 7.89. The van der Waals surface area contributed by atoms with Crippen LogP contribution < -0.4 is 0 Å². The Hall–Kier alpha value is -1.66. The van der Waals surface area contributed by atoms with E-state index in [9.17, 15) is 8.42 Å². The van der Waals surface area contributed by atoms with Crippen LogP contribution in [0.5, 0.6) is 0 Å². The third-order valence-electron chi connectivity index (χ3n) is 4.31. The topological polar surface area (TPSA) is 63.4 Å². The maximum atomic E-state index is 13.1. The van der Waals surface area contributed by atoms with E-state index in [2.05, 4.69) is 5.16 Å². The molecule has 1 aromatic heterocycles. The van der Waals surface area contributed by atoms with Crippen molar-refractivity contribution in [2.45, 2.75) is 44.6 Å². The molecule has 1 aliphatic heterocycles. The Kier molecular flexibility index (Phi) is 3.82. The summed E-state index contributed by atoms with van der Waals surface area (Å²) in [6.07, 6.45) is 1.65. The van der Waals surface area contributed by atoms with Crippen LogP contribution in [0.1, 0.15) is 41.5 Å². The minimum absolute atomic E-state index is 0.184. The molecule has 0 aliphatic carbocycles. The summed E-state index contributed by atoms with van der Waals surface area (Å²) in [5.74, 6) is 0.703. The summed E-state index contributed by atoms with van der Waals surface area (Å²) in [5.41, 5.74) is 2.45. The molecule has 0 radical (unpaired) electrons. The molecule has 0 N–H and O–H groups in total. The van der Waals surface area contributed by atoms with Gasteiger partial charge in [-0.25, -0.2) is 8.42 Å². The van der Waals surface area contributed by atoms with E-state index in [4.69, 9.17) is 4.52 Å². The Balaban J connectivity index is 2.06. The van der Waals surface area contributed by atoms with Crippen molar-refractivity contribution in [3.63, 3.8) is 0 Å². The van der Waals surface area contributed by atoms with Crippen LogP contribution in [0.3, 0.4) is 0 Å². The lowest BCUT2D eigenvalue weighted by Gasteiger charge is -2.24. The average molecular weight is 320 g/mol. The first kappa shape index (κ1) is 15.2. The third-order valence-corrected chi connectivity index (χ3v) is 6.37. The van der Waals surface area contributed by atoms with Crippen LogP contribution in [0.15, 0.2) is 33.7 Å². The van der Waals surface area contributed by atoms with Gasteiger partial charge >= 0.3 is 0 Å². The number of rotatable bonds is 3. The largest absolute Gasteiger partial charge is 0.361 e. The van der Waals surface area contributed by atoms with E-state index in [-0.39, 0.29) is 6.04 Å². The van der Waals surface area contributed by atoms with Crippen LogP contribution in [0.25, 0.3) is 0 Å². The van der Waals surface area contributed by atoms with Crippen molar-refractivity contribution in [1.82, 2.24) is 9.46 Å². The maximum absolute atomic E-state index is 13.1. The molecular formula is C16H20N2O3S. The van der Waals surface area contributed by atoms with Crippen molar-refractivity contribution in [1.29, 1.82) is 0 Å². The maximum Gasteiger partial charge on any atom is 0.243 e. The normalized spacial score (nSPS) is 19.7. The van der Waals surface area contributed by atoms with Gasteiger partial charge in [-0.2, -0.15) is 4.31 Å². The molecule has 0 spiro atoms. The summed E-state index contributed by atoms with van der Waals surface area (Å²) in [4.78, 5) is 0.383. The number of aryl methyl sites for hydroxylation is 3. The Morgan fingerprint density at radius 3 is 2.59 bits per heavy atom. The number of hydrogen-bond acceptors (Lipinski definition) is 4. The molecule has 118 valence electrons. The van der Waals surface area contributed by atoms with Crippen molar-refractivity contribution in [3.8, 4) is 0 Å². The molecule has 3 rings (SSSR count). The number of hydrogen-bond donors (Lipinski definition) is 0. The lowest BCUT2D eigenvalue weighted by Crippen LogP contribution is -2.31. The molecule has 1 fully saturated rings. The van der Waals surface area contributed by atoms with Gasteiger partial charge in [0.15, 0.2) is 0 Å². The van der Waals surface area contributed by atoms with Crippen LogP contribution in [0.4, 0.5) is 0 Å². The monoisotopic (exact) mass is 320 g/mol. The predicted molar refractivity (Wildman–Crippen MR) is 83.0 cm³/mol. The molecule has 6 heteroatoms. The standard InChI is InChI=1S/C16H20N2O3S/c1-11-7-4-5-9-15(11)22(19,20)18-10-6-8-14(18)16-12(2)17-21-13(16)3/h4-5,7,9,14H,6,8,10H2,1-3H3. The molecule has 1 aliphatic rings. The highest BCUT2D eigenvalue weighted by atomic mass is 32.2. The second kappa shape index (κ2) is 5.52. The van der Waals surface area contributed by atoms with E-state index < -0.39 is 10.0 Å². The molecule has 22 heavy (non-hydrogen) atoms. The van der Waals surface area contributed by atoms with Gasteiger partial charge in [-0.05, 0) is 45.2 Å². The highest BCUT2D eigenvalue weighted by Gasteiger charge is 2.39. The third kappa shape index (κ3) is 2.36. The van der Waals surface area contributed by atoms with Gasteiger partial charge in [0.05, 0.1) is 16.6 Å². The zero-order valence-electron chi connectivity index (χ0n) is 13.0. The van der Waals surface area contributed by atoms with Gasteiger partial charge in [-0.15, -0.1) is 0 Å². The Morgan fingerprint density at radius 1 is 1.23 bits per heavy atom. The Morgan fingerprint density at radius 2 is 1.95 bits per heavy atom. The van der Waals surface area contributed by atoms with Crippen LogP contribution in [-0.4, -0.2) is 24.4 Å². The molecule has 0 amide bonds. The van der Waals surface area contributed by atoms with E-state index in [1.165, 1.54) is 0 Å². The molecule has 2 aromatic rings. The van der Waals surface area contributed by atoms with E-state index in [1.54, 1.807) is 16.4 Å². The smallest absolute Gasteiger partial charge is 0.243 e. The van der Waals surface area contributed by atoms with E-state index in [0.717, 1.165) is 29.7 Å². The fraction of sp³-hybridized carbons (Fsp3) is 0.438. The van der Waals surface area contributed by atoms with Crippen molar-refractivity contribution >= 4 is 10.0 Å². The van der Waals surface area contributed by atoms with Gasteiger partial charge < -0.3 is 4.52 Å². The second-order valence-electron chi connectivity index (χ2n) is 5.78. The average Bonchev–Trinajstić information content (AvgIpc) is 3.06. The molecule has 2 heterocycles. The number of sulfonamides is 1. The second-order valence-corrected chi connectivity index (χ2v) is 7.64. The van der Waals surface area contributed by atoms with Gasteiger partial charge in [-0.1, -0.05) is 23.4 Å². The Bertz CT molecular complexity index is 776. The van der Waals surface area contributed by atoms with Crippen molar-refractivity contribution in [2.75, 3.05) is 6.54 Å². The van der Waals surface area contributed by atoms with Crippen LogP contribution >= 0.6 is 0 Å². The first-order valence-electron chi connectivity index (χ1n) is 7.43. The van der Waals surface area contributed by atoms with Gasteiger partial charge in [0.25, 0.3) is 0 Å². The van der Waals surface area contributed by atoms with Crippen molar-refractivity contribution in [2.24, 2.45) is 0 Å². The van der Waals surface area contributed by atoms with Crippen molar-refractivity contribution in [3.05, 3.63) is 46.8 Å². The van der Waals surface area contributed by atoms with E-state index in [1.807, 2.05) is 32.9 Å². The zero-order chi connectivity index (χ0) is 15.9. The highest BCUT2D eigenvalue weighted by Crippen LogP contribution is 2.39. The molecule has 5 nitrogen and oxygen atoms in total. The first-order chi connectivity index (χ1) is 10.4. The Labute approximate surface area is 131 Å². The number of benzene rings is 1. The minimum atomic E-state index is -3.51. The molecule has 1 saturated heterocycles. The first-order valence-corrected chi connectivity index (χ1v) is 8.87. The van der Waals surface area contributed by atoms with Gasteiger partial charge in [0.1, 0.15) is 5.76 Å². The van der Waals surface area contributed by atoms with Crippen LogP contribution in [0.2, 0.25) is 0 Å². The number of aromatic nitrogens is 1. The summed E-state index contributed by atoms with van der Waals surface area (Å²) < 4.78 is 32.9. The predicted octanol–water partition coefficient (Wildman–Crippen LogP) is 3.13. The number of nitrogens with zero attached hydrogens (tertiary/aromatic N) is 2. The van der Waals surface area contributed by atoms with E-state index in [0.29, 0.717) is 17.2 Å². The van der Waals surface area contributed by atoms with Gasteiger partial charge in [-0.3, -0.25) is 0 Å².